The van der Waals surface area contributed by atoms with Crippen molar-refractivity contribution in [1.29, 1.82) is 0 Å². The first-order valence-corrected chi connectivity index (χ1v) is 10.9. The fourth-order valence-corrected chi connectivity index (χ4v) is 6.43. The van der Waals surface area contributed by atoms with Gasteiger partial charge in [-0.2, -0.15) is 13.1 Å². The number of amides is 1. The number of carbonyl (C=O) groups is 1. The Morgan fingerprint density at radius 1 is 1.31 bits per heavy atom. The van der Waals surface area contributed by atoms with E-state index in [0.29, 0.717) is 18.8 Å². The molecule has 1 amide bonds. The van der Waals surface area contributed by atoms with E-state index in [2.05, 4.69) is 4.74 Å². The molecule has 0 aliphatic carbocycles. The Kier molecular flexibility index (Phi) is 5.95. The zero-order valence-electron chi connectivity index (χ0n) is 13.6. The largest absolute Gasteiger partial charge is 0.433 e. The summed E-state index contributed by atoms with van der Waals surface area (Å²) in [6.45, 7) is -1.79. The van der Waals surface area contributed by atoms with Crippen LogP contribution in [0.1, 0.15) is 12.8 Å². The smallest absolute Gasteiger partial charge is 0.387 e. The van der Waals surface area contributed by atoms with E-state index < -0.39 is 22.7 Å². The summed E-state index contributed by atoms with van der Waals surface area (Å²) in [5, 5.41) is -0.236. The van der Waals surface area contributed by atoms with E-state index in [4.69, 9.17) is 11.6 Å². The topological polar surface area (TPSA) is 66.9 Å². The van der Waals surface area contributed by atoms with Crippen LogP contribution < -0.4 is 4.74 Å². The molecule has 2 aliphatic heterocycles. The first kappa shape index (κ1) is 19.7. The molecule has 2 saturated heterocycles. The third-order valence-electron chi connectivity index (χ3n) is 4.27. The standard InChI is InChI=1S/C15H17ClF2N2O4S2/c16-11-7-10(3-4-13(11)24-15(17)18)26(22,23)20-9-25-8-12(20)14(21)19-5-1-2-6-19/h3-4,7,12,15H,1-2,5-6,8-9H2/t12-/m0/s1. The van der Waals surface area contributed by atoms with Crippen molar-refractivity contribution < 1.29 is 26.7 Å². The number of carbonyl (C=O) groups excluding carboxylic acids is 1. The number of alkyl halides is 2. The predicted molar refractivity (Wildman–Crippen MR) is 94.0 cm³/mol. The second-order valence-corrected chi connectivity index (χ2v) is 9.21. The normalized spacial score (nSPS) is 21.5. The first-order valence-electron chi connectivity index (χ1n) is 7.93. The van der Waals surface area contributed by atoms with E-state index >= 15 is 0 Å². The first-order chi connectivity index (χ1) is 12.3. The van der Waals surface area contributed by atoms with Gasteiger partial charge in [0, 0.05) is 18.8 Å². The Bertz CT molecular complexity index is 788. The molecule has 1 atom stereocenters. The maximum Gasteiger partial charge on any atom is 0.387 e. The Labute approximate surface area is 159 Å². The highest BCUT2D eigenvalue weighted by atomic mass is 35.5. The van der Waals surface area contributed by atoms with Crippen molar-refractivity contribution in [3.05, 3.63) is 23.2 Å². The van der Waals surface area contributed by atoms with Crippen LogP contribution >= 0.6 is 23.4 Å². The summed E-state index contributed by atoms with van der Waals surface area (Å²) in [5.41, 5.74) is 0. The van der Waals surface area contributed by atoms with Crippen molar-refractivity contribution in [3.8, 4) is 5.75 Å². The fraction of sp³-hybridized carbons (Fsp3) is 0.533. The molecule has 6 nitrogen and oxygen atoms in total. The molecular formula is C15H17ClF2N2O4S2. The molecule has 26 heavy (non-hydrogen) atoms. The molecular weight excluding hydrogens is 410 g/mol. The van der Waals surface area contributed by atoms with Crippen molar-refractivity contribution in [3.63, 3.8) is 0 Å². The van der Waals surface area contributed by atoms with Gasteiger partial charge in [0.2, 0.25) is 15.9 Å². The molecule has 0 N–H and O–H groups in total. The molecule has 144 valence electrons. The summed E-state index contributed by atoms with van der Waals surface area (Å²) in [7, 11) is -3.99. The van der Waals surface area contributed by atoms with Gasteiger partial charge in [-0.3, -0.25) is 4.79 Å². The number of thioether (sulfide) groups is 1. The number of halogens is 3. The minimum absolute atomic E-state index is 0.152. The van der Waals surface area contributed by atoms with Gasteiger partial charge in [0.05, 0.1) is 15.8 Å². The minimum Gasteiger partial charge on any atom is -0.433 e. The van der Waals surface area contributed by atoms with E-state index in [0.717, 1.165) is 35.3 Å². The molecule has 0 aromatic heterocycles. The second-order valence-electron chi connectivity index (χ2n) is 5.91. The average molecular weight is 427 g/mol. The molecule has 0 spiro atoms. The Morgan fingerprint density at radius 3 is 2.62 bits per heavy atom. The quantitative estimate of drug-likeness (QED) is 0.724. The van der Waals surface area contributed by atoms with Gasteiger partial charge >= 0.3 is 6.61 Å². The minimum atomic E-state index is -3.99. The molecule has 2 fully saturated rings. The van der Waals surface area contributed by atoms with Crippen LogP contribution in [0.5, 0.6) is 5.75 Å². The molecule has 3 rings (SSSR count). The SMILES string of the molecule is O=C([C@@H]1CSCN1S(=O)(=O)c1ccc(OC(F)F)c(Cl)c1)N1CCCC1. The van der Waals surface area contributed by atoms with Crippen LogP contribution in [0.2, 0.25) is 5.02 Å². The number of sulfonamides is 1. The van der Waals surface area contributed by atoms with Crippen LogP contribution in [0.15, 0.2) is 23.1 Å². The maximum atomic E-state index is 12.9. The fourth-order valence-electron chi connectivity index (χ4n) is 2.98. The number of likely N-dealkylation sites (tertiary alicyclic amines) is 1. The summed E-state index contributed by atoms with van der Waals surface area (Å²) in [6, 6.07) is 2.54. The summed E-state index contributed by atoms with van der Waals surface area (Å²) in [5.74, 6) is 0.0369. The van der Waals surface area contributed by atoms with Crippen LogP contribution in [0.4, 0.5) is 8.78 Å². The van der Waals surface area contributed by atoms with Crippen molar-refractivity contribution in [1.82, 2.24) is 9.21 Å². The molecule has 1 aromatic rings. The van der Waals surface area contributed by atoms with Gasteiger partial charge in [0.1, 0.15) is 11.8 Å². The van der Waals surface area contributed by atoms with E-state index in [1.54, 1.807) is 4.90 Å². The summed E-state index contributed by atoms with van der Waals surface area (Å²) in [4.78, 5) is 14.2. The Balaban J connectivity index is 1.84. The lowest BCUT2D eigenvalue weighted by Gasteiger charge is -2.26. The lowest BCUT2D eigenvalue weighted by atomic mass is 10.3. The third-order valence-corrected chi connectivity index (χ3v) is 7.59. The van der Waals surface area contributed by atoms with Crippen molar-refractivity contribution in [2.24, 2.45) is 0 Å². The maximum absolute atomic E-state index is 12.9. The zero-order valence-corrected chi connectivity index (χ0v) is 16.0. The highest BCUT2D eigenvalue weighted by Gasteiger charge is 2.42. The number of ether oxygens (including phenoxy) is 1. The van der Waals surface area contributed by atoms with Gasteiger partial charge < -0.3 is 9.64 Å². The van der Waals surface area contributed by atoms with Crippen LogP contribution in [0.3, 0.4) is 0 Å². The zero-order chi connectivity index (χ0) is 18.9. The van der Waals surface area contributed by atoms with Crippen molar-refractivity contribution in [2.75, 3.05) is 24.7 Å². The highest BCUT2D eigenvalue weighted by Crippen LogP contribution is 2.34. The monoisotopic (exact) mass is 426 g/mol. The van der Waals surface area contributed by atoms with Crippen LogP contribution in [0, 0.1) is 0 Å². The van der Waals surface area contributed by atoms with E-state index in [-0.39, 0.29) is 27.5 Å². The number of hydrogen-bond acceptors (Lipinski definition) is 5. The van der Waals surface area contributed by atoms with Gasteiger partial charge in [-0.1, -0.05) is 11.6 Å². The predicted octanol–water partition coefficient (Wildman–Crippen LogP) is 2.63. The molecule has 0 saturated carbocycles. The Morgan fingerprint density at radius 2 is 2.00 bits per heavy atom. The van der Waals surface area contributed by atoms with Crippen molar-refractivity contribution in [2.45, 2.75) is 30.4 Å². The molecule has 2 aliphatic rings. The van der Waals surface area contributed by atoms with E-state index in [9.17, 15) is 22.0 Å². The molecule has 2 heterocycles. The third kappa shape index (κ3) is 3.92. The number of nitrogens with zero attached hydrogens (tertiary/aromatic N) is 2. The van der Waals surface area contributed by atoms with Crippen LogP contribution in [0.25, 0.3) is 0 Å². The molecule has 0 unspecified atom stereocenters. The lowest BCUT2D eigenvalue weighted by molar-refractivity contribution is -0.133. The van der Waals surface area contributed by atoms with Gasteiger partial charge in [0.25, 0.3) is 0 Å². The summed E-state index contributed by atoms with van der Waals surface area (Å²) >= 11 is 7.22. The van der Waals surface area contributed by atoms with Gasteiger partial charge in [-0.15, -0.1) is 11.8 Å². The van der Waals surface area contributed by atoms with Crippen LogP contribution in [-0.4, -0.2) is 60.9 Å². The molecule has 1 aromatic carbocycles. The van der Waals surface area contributed by atoms with Gasteiger partial charge in [0.15, 0.2) is 0 Å². The van der Waals surface area contributed by atoms with Gasteiger partial charge in [-0.05, 0) is 31.0 Å². The Hall–Kier alpha value is -1.10. The molecule has 11 heteroatoms. The second kappa shape index (κ2) is 7.87. The van der Waals surface area contributed by atoms with Crippen LogP contribution in [-0.2, 0) is 14.8 Å². The molecule has 0 radical (unpaired) electrons. The van der Waals surface area contributed by atoms with Crippen molar-refractivity contribution >= 4 is 39.3 Å². The van der Waals surface area contributed by atoms with Gasteiger partial charge in [-0.25, -0.2) is 8.42 Å². The highest BCUT2D eigenvalue weighted by molar-refractivity contribution is 8.00. The lowest BCUT2D eigenvalue weighted by Crippen LogP contribution is -2.48. The van der Waals surface area contributed by atoms with E-state index in [1.165, 1.54) is 11.8 Å². The molecule has 0 bridgehead atoms. The number of benzene rings is 1. The summed E-state index contributed by atoms with van der Waals surface area (Å²) in [6.07, 6.45) is 1.83. The number of rotatable bonds is 5. The van der Waals surface area contributed by atoms with E-state index in [1.807, 2.05) is 0 Å². The average Bonchev–Trinajstić information content (AvgIpc) is 3.27. The summed E-state index contributed by atoms with van der Waals surface area (Å²) < 4.78 is 55.9. The number of hydrogen-bond donors (Lipinski definition) is 0.